The number of hydrogen-bond acceptors (Lipinski definition) is 5. The first-order valence-electron chi connectivity index (χ1n) is 8.35. The molecule has 0 heterocycles. The summed E-state index contributed by atoms with van der Waals surface area (Å²) in [6.07, 6.45) is -0.214. The molecule has 2 aromatic rings. The number of carbonyl (C=O) groups excluding carboxylic acids is 1. The number of hydroxylamine groups is 2. The van der Waals surface area contributed by atoms with Gasteiger partial charge in [0.2, 0.25) is 11.7 Å². The number of nitrogens with zero attached hydrogens (tertiary/aromatic N) is 1. The normalized spacial score (nSPS) is 12.8. The van der Waals surface area contributed by atoms with Crippen LogP contribution in [0.15, 0.2) is 42.5 Å². The predicted octanol–water partition coefficient (Wildman–Crippen LogP) is 4.14. The third kappa shape index (κ3) is 4.26. The second-order valence-corrected chi connectivity index (χ2v) is 5.96. The smallest absolute Gasteiger partial charge is 0.243 e. The fourth-order valence-corrected chi connectivity index (χ4v) is 2.64. The third-order valence-electron chi connectivity index (χ3n) is 4.22. The van der Waals surface area contributed by atoms with E-state index in [1.165, 1.54) is 21.1 Å². The number of hydrogen-bond donors (Lipinski definition) is 1. The van der Waals surface area contributed by atoms with Crippen LogP contribution in [0.3, 0.4) is 0 Å². The van der Waals surface area contributed by atoms with E-state index in [0.29, 0.717) is 27.9 Å². The molecular weight excluding hydrogens is 334 g/mol. The van der Waals surface area contributed by atoms with Gasteiger partial charge in [-0.15, -0.1) is 0 Å². The Morgan fingerprint density at radius 1 is 1.00 bits per heavy atom. The third-order valence-corrected chi connectivity index (χ3v) is 4.22. The van der Waals surface area contributed by atoms with Crippen LogP contribution in [0.1, 0.15) is 44.0 Å². The van der Waals surface area contributed by atoms with Gasteiger partial charge < -0.3 is 14.2 Å². The van der Waals surface area contributed by atoms with Crippen molar-refractivity contribution in [3.05, 3.63) is 53.6 Å². The predicted molar refractivity (Wildman–Crippen MR) is 97.8 cm³/mol. The molecule has 2 atom stereocenters. The molecule has 0 fully saturated rings. The number of benzene rings is 2. The summed E-state index contributed by atoms with van der Waals surface area (Å²) in [6, 6.07) is 12.7. The molecular formula is C20H25NO5. The second kappa shape index (κ2) is 8.58. The first-order valence-corrected chi connectivity index (χ1v) is 8.35. The highest BCUT2D eigenvalue weighted by atomic mass is 16.5. The summed E-state index contributed by atoms with van der Waals surface area (Å²) in [6.45, 7) is 4.95. The molecule has 0 saturated carbocycles. The van der Waals surface area contributed by atoms with Crippen molar-refractivity contribution in [1.29, 1.82) is 0 Å². The second-order valence-electron chi connectivity index (χ2n) is 5.96. The van der Waals surface area contributed by atoms with Crippen LogP contribution in [0.4, 0.5) is 0 Å². The summed E-state index contributed by atoms with van der Waals surface area (Å²) < 4.78 is 17.0. The van der Waals surface area contributed by atoms with E-state index in [1.807, 2.05) is 37.3 Å². The zero-order chi connectivity index (χ0) is 19.3. The number of rotatable bonds is 7. The molecule has 0 aliphatic carbocycles. The minimum atomic E-state index is -0.559. The van der Waals surface area contributed by atoms with E-state index in [2.05, 4.69) is 0 Å². The zero-order valence-corrected chi connectivity index (χ0v) is 15.7. The molecule has 6 nitrogen and oxygen atoms in total. The summed E-state index contributed by atoms with van der Waals surface area (Å²) in [5.41, 5.74) is 1.68. The molecule has 2 aromatic carbocycles. The van der Waals surface area contributed by atoms with Crippen LogP contribution < -0.4 is 14.2 Å². The van der Waals surface area contributed by atoms with Gasteiger partial charge in [0.05, 0.1) is 20.3 Å². The van der Waals surface area contributed by atoms with Gasteiger partial charge >= 0.3 is 0 Å². The average Bonchev–Trinajstić information content (AvgIpc) is 2.67. The molecule has 0 radical (unpaired) electrons. The molecule has 0 aliphatic rings. The minimum Gasteiger partial charge on any atom is -0.493 e. The van der Waals surface area contributed by atoms with Crippen molar-refractivity contribution in [2.24, 2.45) is 0 Å². The molecule has 2 rings (SSSR count). The molecule has 140 valence electrons. The van der Waals surface area contributed by atoms with Gasteiger partial charge in [0.1, 0.15) is 6.10 Å². The van der Waals surface area contributed by atoms with Crippen LogP contribution >= 0.6 is 0 Å². The minimum absolute atomic E-state index is 0.214. The summed E-state index contributed by atoms with van der Waals surface area (Å²) in [5.74, 6) is 0.944. The Morgan fingerprint density at radius 3 is 2.00 bits per heavy atom. The number of amides is 1. The van der Waals surface area contributed by atoms with Gasteiger partial charge in [-0.05, 0) is 37.1 Å². The van der Waals surface area contributed by atoms with Crippen molar-refractivity contribution >= 4 is 5.91 Å². The van der Waals surface area contributed by atoms with Crippen LogP contribution in [-0.2, 0) is 4.79 Å². The highest BCUT2D eigenvalue weighted by Crippen LogP contribution is 2.42. The molecule has 0 aliphatic heterocycles. The lowest BCUT2D eigenvalue weighted by molar-refractivity contribution is -0.172. The van der Waals surface area contributed by atoms with Gasteiger partial charge in [0, 0.05) is 6.92 Å². The molecule has 0 aromatic heterocycles. The SMILES string of the molecule is COc1cc(C(C)N(O)C(C)=O)cc(OC)c1OC(C)c1ccccc1. The maximum atomic E-state index is 11.4. The van der Waals surface area contributed by atoms with Gasteiger partial charge in [-0.2, -0.15) is 0 Å². The lowest BCUT2D eigenvalue weighted by Crippen LogP contribution is -2.27. The molecule has 1 N–H and O–H groups in total. The zero-order valence-electron chi connectivity index (χ0n) is 15.7. The Bertz CT molecular complexity index is 722. The lowest BCUT2D eigenvalue weighted by Gasteiger charge is -2.24. The first-order chi connectivity index (χ1) is 12.4. The van der Waals surface area contributed by atoms with Gasteiger partial charge in [-0.1, -0.05) is 30.3 Å². The van der Waals surface area contributed by atoms with Crippen molar-refractivity contribution < 1.29 is 24.2 Å². The Kier molecular flexibility index (Phi) is 6.46. The number of ether oxygens (including phenoxy) is 3. The van der Waals surface area contributed by atoms with Gasteiger partial charge in [0.25, 0.3) is 0 Å². The first kappa shape index (κ1) is 19.6. The fourth-order valence-electron chi connectivity index (χ4n) is 2.64. The van der Waals surface area contributed by atoms with E-state index in [-0.39, 0.29) is 6.10 Å². The Morgan fingerprint density at radius 2 is 1.54 bits per heavy atom. The molecule has 0 saturated heterocycles. The average molecular weight is 359 g/mol. The lowest BCUT2D eigenvalue weighted by atomic mass is 10.1. The number of methoxy groups -OCH3 is 2. The molecule has 0 spiro atoms. The standard InChI is InChI=1S/C20H25NO5/c1-13(21(23)15(3)22)17-11-18(24-4)20(19(12-17)25-5)26-14(2)16-9-7-6-8-10-16/h6-14,23H,1-5H3. The Hall–Kier alpha value is -2.73. The van der Waals surface area contributed by atoms with Gasteiger partial charge in [-0.25, -0.2) is 5.06 Å². The largest absolute Gasteiger partial charge is 0.493 e. The van der Waals surface area contributed by atoms with E-state index >= 15 is 0 Å². The van der Waals surface area contributed by atoms with Crippen LogP contribution in [0.25, 0.3) is 0 Å². The maximum absolute atomic E-state index is 11.4. The molecule has 0 bridgehead atoms. The monoisotopic (exact) mass is 359 g/mol. The highest BCUT2D eigenvalue weighted by Gasteiger charge is 2.23. The van der Waals surface area contributed by atoms with Crippen molar-refractivity contribution in [2.45, 2.75) is 32.9 Å². The Balaban J connectivity index is 2.39. The summed E-state index contributed by atoms with van der Waals surface area (Å²) in [4.78, 5) is 11.4. The molecule has 1 amide bonds. The van der Waals surface area contributed by atoms with Crippen molar-refractivity contribution in [3.63, 3.8) is 0 Å². The van der Waals surface area contributed by atoms with Crippen LogP contribution in [0, 0.1) is 0 Å². The van der Waals surface area contributed by atoms with Crippen molar-refractivity contribution in [2.75, 3.05) is 14.2 Å². The number of carbonyl (C=O) groups is 1. The summed E-state index contributed by atoms with van der Waals surface area (Å²) in [5, 5.41) is 10.6. The van der Waals surface area contributed by atoms with Crippen molar-refractivity contribution in [1.82, 2.24) is 5.06 Å². The van der Waals surface area contributed by atoms with E-state index < -0.39 is 11.9 Å². The van der Waals surface area contributed by atoms with Crippen LogP contribution in [0.5, 0.6) is 17.2 Å². The summed E-state index contributed by atoms with van der Waals surface area (Å²) in [7, 11) is 3.07. The fraction of sp³-hybridized carbons (Fsp3) is 0.350. The topological polar surface area (TPSA) is 68.2 Å². The van der Waals surface area contributed by atoms with Crippen LogP contribution in [0.2, 0.25) is 0 Å². The molecule has 6 heteroatoms. The molecule has 2 unspecified atom stereocenters. The van der Waals surface area contributed by atoms with E-state index in [4.69, 9.17) is 14.2 Å². The highest BCUT2D eigenvalue weighted by molar-refractivity contribution is 5.72. The van der Waals surface area contributed by atoms with Crippen LogP contribution in [-0.4, -0.2) is 30.4 Å². The van der Waals surface area contributed by atoms with E-state index in [0.717, 1.165) is 5.56 Å². The Labute approximate surface area is 153 Å². The van der Waals surface area contributed by atoms with Crippen molar-refractivity contribution in [3.8, 4) is 17.2 Å². The molecule has 26 heavy (non-hydrogen) atoms. The van der Waals surface area contributed by atoms with Gasteiger partial charge in [-0.3, -0.25) is 10.0 Å². The maximum Gasteiger partial charge on any atom is 0.243 e. The quantitative estimate of drug-likeness (QED) is 0.594. The van der Waals surface area contributed by atoms with E-state index in [1.54, 1.807) is 19.1 Å². The summed E-state index contributed by atoms with van der Waals surface area (Å²) >= 11 is 0. The van der Waals surface area contributed by atoms with Gasteiger partial charge in [0.15, 0.2) is 11.5 Å². The van der Waals surface area contributed by atoms with E-state index in [9.17, 15) is 10.0 Å².